The number of Topliss-reactive ketones (excluding diaryl/α,β-unsaturated/α-hetero) is 1. The quantitative estimate of drug-likeness (QED) is 0.230. The second-order valence-electron chi connectivity index (χ2n) is 8.41. The van der Waals surface area contributed by atoms with Gasteiger partial charge in [0.25, 0.3) is 0 Å². The molecule has 0 aliphatic rings. The van der Waals surface area contributed by atoms with Crippen molar-refractivity contribution < 1.29 is 28.9 Å². The Bertz CT molecular complexity index is 723. The second-order valence-corrected chi connectivity index (χ2v) is 8.41. The topological polar surface area (TPSA) is 82.1 Å². The Hall–Kier alpha value is -2.34. The van der Waals surface area contributed by atoms with Crippen molar-refractivity contribution in [2.24, 2.45) is 23.7 Å². The molecule has 1 N–H and O–H groups in total. The Morgan fingerprint density at radius 3 is 2.06 bits per heavy atom. The molecule has 174 valence electrons. The normalized spacial score (nSPS) is 13.5. The molecule has 6 heteroatoms. The van der Waals surface area contributed by atoms with Crippen molar-refractivity contribution in [1.82, 2.24) is 0 Å². The number of methoxy groups -OCH3 is 2. The van der Waals surface area contributed by atoms with Crippen LogP contribution in [0, 0.1) is 23.7 Å². The summed E-state index contributed by atoms with van der Waals surface area (Å²) >= 11 is 0. The van der Waals surface area contributed by atoms with E-state index < -0.39 is 11.9 Å². The van der Waals surface area contributed by atoms with E-state index in [1.54, 1.807) is 32.4 Å². The Labute approximate surface area is 186 Å². The van der Waals surface area contributed by atoms with Crippen LogP contribution in [-0.2, 0) is 9.53 Å². The van der Waals surface area contributed by atoms with Gasteiger partial charge in [0.2, 0.25) is 0 Å². The molecule has 0 aliphatic heterocycles. The van der Waals surface area contributed by atoms with E-state index in [9.17, 15) is 14.7 Å². The monoisotopic (exact) mass is 434 g/mol. The Morgan fingerprint density at radius 2 is 1.55 bits per heavy atom. The van der Waals surface area contributed by atoms with Gasteiger partial charge in [0, 0.05) is 31.6 Å². The highest BCUT2D eigenvalue weighted by atomic mass is 16.5. The summed E-state index contributed by atoms with van der Waals surface area (Å²) in [5, 5.41) is 9.32. The number of ether oxygens (including phenoxy) is 3. The van der Waals surface area contributed by atoms with E-state index in [1.807, 2.05) is 39.8 Å². The zero-order valence-electron chi connectivity index (χ0n) is 19.7. The molecule has 31 heavy (non-hydrogen) atoms. The largest absolute Gasteiger partial charge is 0.493 e. The average molecular weight is 435 g/mol. The summed E-state index contributed by atoms with van der Waals surface area (Å²) in [5.41, 5.74) is 0.584. The summed E-state index contributed by atoms with van der Waals surface area (Å²) < 4.78 is 16.2. The molecule has 0 saturated carbocycles. The number of carbonyl (C=O) groups excluding carboxylic acids is 1. The van der Waals surface area contributed by atoms with Crippen molar-refractivity contribution >= 4 is 11.8 Å². The average Bonchev–Trinajstić information content (AvgIpc) is 2.72. The standard InChI is InChI=1S/C25H38O6/c1-17(2)20(10-7-8-11-21(18(3)4)25(27)28)24(26)19-12-13-22(30-6)23(16-19)31-15-9-14-29-5/h7-8,12-13,16-18,20-21H,9-11,14-15H2,1-6H3,(H,27,28)/b8-7+. The van der Waals surface area contributed by atoms with Crippen molar-refractivity contribution in [3.8, 4) is 11.5 Å². The maximum atomic E-state index is 13.2. The van der Waals surface area contributed by atoms with Crippen LogP contribution in [-0.4, -0.2) is 44.3 Å². The van der Waals surface area contributed by atoms with Crippen molar-refractivity contribution in [3.05, 3.63) is 35.9 Å². The third kappa shape index (κ3) is 8.74. The van der Waals surface area contributed by atoms with Gasteiger partial charge in [-0.15, -0.1) is 0 Å². The van der Waals surface area contributed by atoms with Gasteiger partial charge in [0.15, 0.2) is 17.3 Å². The van der Waals surface area contributed by atoms with Gasteiger partial charge in [-0.1, -0.05) is 39.8 Å². The number of hydrogen-bond donors (Lipinski definition) is 1. The Balaban J connectivity index is 2.90. The van der Waals surface area contributed by atoms with E-state index in [1.165, 1.54) is 0 Å². The molecule has 0 amide bonds. The molecule has 0 saturated heterocycles. The zero-order valence-corrected chi connectivity index (χ0v) is 19.7. The van der Waals surface area contributed by atoms with Crippen LogP contribution in [0.2, 0.25) is 0 Å². The first-order chi connectivity index (χ1) is 14.7. The molecule has 1 aromatic carbocycles. The van der Waals surface area contributed by atoms with Gasteiger partial charge < -0.3 is 19.3 Å². The number of ketones is 1. The van der Waals surface area contributed by atoms with Crippen LogP contribution < -0.4 is 9.47 Å². The number of allylic oxidation sites excluding steroid dienone is 2. The summed E-state index contributed by atoms with van der Waals surface area (Å²) in [6.07, 6.45) is 5.60. The van der Waals surface area contributed by atoms with Crippen LogP contribution in [0.5, 0.6) is 11.5 Å². The van der Waals surface area contributed by atoms with Crippen LogP contribution in [0.3, 0.4) is 0 Å². The molecular weight excluding hydrogens is 396 g/mol. The number of rotatable bonds is 15. The number of carboxylic acids is 1. The lowest BCUT2D eigenvalue weighted by Gasteiger charge is -2.19. The van der Waals surface area contributed by atoms with Crippen LogP contribution in [0.25, 0.3) is 0 Å². The molecule has 0 aliphatic carbocycles. The first kappa shape index (κ1) is 26.7. The molecule has 2 unspecified atom stereocenters. The SMILES string of the molecule is COCCCOc1cc(C(=O)C(C/C=C/CC(C(=O)O)C(C)C)C(C)C)ccc1OC. The van der Waals surface area contributed by atoms with Gasteiger partial charge in [-0.2, -0.15) is 0 Å². The molecular formula is C25H38O6. The van der Waals surface area contributed by atoms with Gasteiger partial charge in [0.05, 0.1) is 19.6 Å². The first-order valence-corrected chi connectivity index (χ1v) is 10.9. The van der Waals surface area contributed by atoms with E-state index in [4.69, 9.17) is 14.2 Å². The highest BCUT2D eigenvalue weighted by Gasteiger charge is 2.24. The van der Waals surface area contributed by atoms with Crippen LogP contribution in [0.1, 0.15) is 57.3 Å². The van der Waals surface area contributed by atoms with Crippen molar-refractivity contribution in [2.75, 3.05) is 27.4 Å². The molecule has 0 fully saturated rings. The minimum atomic E-state index is -0.785. The lowest BCUT2D eigenvalue weighted by atomic mass is 9.84. The van der Waals surface area contributed by atoms with Gasteiger partial charge in [-0.25, -0.2) is 0 Å². The molecule has 6 nitrogen and oxygen atoms in total. The molecule has 1 rings (SSSR count). The van der Waals surface area contributed by atoms with Gasteiger partial charge in [0.1, 0.15) is 0 Å². The predicted molar refractivity (Wildman–Crippen MR) is 122 cm³/mol. The van der Waals surface area contributed by atoms with Crippen LogP contribution >= 0.6 is 0 Å². The number of aliphatic carboxylic acids is 1. The smallest absolute Gasteiger partial charge is 0.307 e. The van der Waals surface area contributed by atoms with Crippen LogP contribution in [0.4, 0.5) is 0 Å². The third-order valence-electron chi connectivity index (χ3n) is 5.41. The molecule has 0 bridgehead atoms. The highest BCUT2D eigenvalue weighted by molar-refractivity contribution is 5.98. The Morgan fingerprint density at radius 1 is 0.935 bits per heavy atom. The van der Waals surface area contributed by atoms with Crippen LogP contribution in [0.15, 0.2) is 30.4 Å². The minimum Gasteiger partial charge on any atom is -0.493 e. The van der Waals surface area contributed by atoms with Crippen molar-refractivity contribution in [3.63, 3.8) is 0 Å². The molecule has 2 atom stereocenters. The fraction of sp³-hybridized carbons (Fsp3) is 0.600. The summed E-state index contributed by atoms with van der Waals surface area (Å²) in [5.74, 6) is -0.0173. The van der Waals surface area contributed by atoms with Gasteiger partial charge in [-0.3, -0.25) is 9.59 Å². The van der Waals surface area contributed by atoms with E-state index in [0.717, 1.165) is 6.42 Å². The Kier molecular flexibility index (Phi) is 11.9. The lowest BCUT2D eigenvalue weighted by molar-refractivity contribution is -0.143. The minimum absolute atomic E-state index is 0.0442. The van der Waals surface area contributed by atoms with E-state index in [-0.39, 0.29) is 23.5 Å². The number of carboxylic acid groups (broad SMARTS) is 1. The molecule has 0 spiro atoms. The summed E-state index contributed by atoms with van der Waals surface area (Å²) in [4.78, 5) is 24.6. The number of benzene rings is 1. The first-order valence-electron chi connectivity index (χ1n) is 10.9. The fourth-order valence-corrected chi connectivity index (χ4v) is 3.37. The van der Waals surface area contributed by atoms with Gasteiger partial charge >= 0.3 is 5.97 Å². The maximum Gasteiger partial charge on any atom is 0.307 e. The summed E-state index contributed by atoms with van der Waals surface area (Å²) in [6.45, 7) is 8.94. The second kappa shape index (κ2) is 13.9. The van der Waals surface area contributed by atoms with E-state index >= 15 is 0 Å². The van der Waals surface area contributed by atoms with E-state index in [0.29, 0.717) is 43.1 Å². The number of hydrogen-bond acceptors (Lipinski definition) is 5. The maximum absolute atomic E-state index is 13.2. The van der Waals surface area contributed by atoms with Gasteiger partial charge in [-0.05, 0) is 42.9 Å². The molecule has 1 aromatic rings. The summed E-state index contributed by atoms with van der Waals surface area (Å²) in [7, 11) is 3.22. The highest BCUT2D eigenvalue weighted by Crippen LogP contribution is 2.31. The molecule has 0 heterocycles. The fourth-order valence-electron chi connectivity index (χ4n) is 3.37. The number of carbonyl (C=O) groups is 2. The third-order valence-corrected chi connectivity index (χ3v) is 5.41. The van der Waals surface area contributed by atoms with Crippen molar-refractivity contribution in [2.45, 2.75) is 47.0 Å². The summed E-state index contributed by atoms with van der Waals surface area (Å²) in [6, 6.07) is 5.26. The van der Waals surface area contributed by atoms with E-state index in [2.05, 4.69) is 0 Å². The van der Waals surface area contributed by atoms with Crippen molar-refractivity contribution in [1.29, 1.82) is 0 Å². The molecule has 0 radical (unpaired) electrons. The zero-order chi connectivity index (χ0) is 23.4. The predicted octanol–water partition coefficient (Wildman–Crippen LogP) is 5.26. The molecule has 0 aromatic heterocycles. The lowest BCUT2D eigenvalue weighted by Crippen LogP contribution is -2.20.